The molecule has 1 aromatic heterocycles. The summed E-state index contributed by atoms with van der Waals surface area (Å²) in [5, 5.41) is 5.19. The van der Waals surface area contributed by atoms with E-state index < -0.39 is 0 Å². The minimum absolute atomic E-state index is 0.0338. The van der Waals surface area contributed by atoms with Gasteiger partial charge in [0.05, 0.1) is 4.88 Å². The zero-order valence-electron chi connectivity index (χ0n) is 11.2. The second kappa shape index (κ2) is 6.06. The first-order valence-electron chi connectivity index (χ1n) is 6.45. The Morgan fingerprint density at radius 2 is 2.16 bits per heavy atom. The van der Waals surface area contributed by atoms with E-state index >= 15 is 0 Å². The molecule has 102 valence electrons. The highest BCUT2D eigenvalue weighted by atomic mass is 79.9. The van der Waals surface area contributed by atoms with Crippen LogP contribution in [-0.4, -0.2) is 16.8 Å². The van der Waals surface area contributed by atoms with Gasteiger partial charge in [-0.3, -0.25) is 4.79 Å². The fourth-order valence-corrected chi connectivity index (χ4v) is 3.80. The van der Waals surface area contributed by atoms with Crippen LogP contribution in [0.3, 0.4) is 0 Å². The lowest BCUT2D eigenvalue weighted by atomic mass is 9.95. The van der Waals surface area contributed by atoms with Crippen LogP contribution in [0.15, 0.2) is 30.3 Å². The molecule has 2 aromatic rings. The summed E-state index contributed by atoms with van der Waals surface area (Å²) < 4.78 is 1.16. The van der Waals surface area contributed by atoms with Crippen molar-refractivity contribution in [2.45, 2.75) is 32.2 Å². The summed E-state index contributed by atoms with van der Waals surface area (Å²) in [5.41, 5.74) is -0.142. The third-order valence-electron chi connectivity index (χ3n) is 3.49. The molecule has 0 saturated heterocycles. The zero-order chi connectivity index (χ0) is 13.9. The monoisotopic (exact) mass is 339 g/mol. The molecule has 4 heteroatoms. The van der Waals surface area contributed by atoms with Crippen LogP contribution in [0.25, 0.3) is 10.1 Å². The highest BCUT2D eigenvalue weighted by molar-refractivity contribution is 9.09. The number of carbonyl (C=O) groups is 1. The fourth-order valence-electron chi connectivity index (χ4n) is 1.97. The van der Waals surface area contributed by atoms with Crippen molar-refractivity contribution in [2.75, 3.05) is 5.33 Å². The molecule has 1 N–H and O–H groups in total. The first-order valence-corrected chi connectivity index (χ1v) is 8.39. The summed E-state index contributed by atoms with van der Waals surface area (Å²) in [6, 6.07) is 10.1. The Hall–Kier alpha value is -0.870. The molecular formula is C15H18BrNOS. The SMILES string of the molecule is CCC(C)(CCBr)NC(=O)c1cc2ccccc2s1. The molecule has 0 bridgehead atoms. The van der Waals surface area contributed by atoms with Crippen molar-refractivity contribution in [1.29, 1.82) is 0 Å². The molecule has 1 amide bonds. The maximum Gasteiger partial charge on any atom is 0.261 e. The van der Waals surface area contributed by atoms with Crippen LogP contribution >= 0.6 is 27.3 Å². The van der Waals surface area contributed by atoms with Gasteiger partial charge in [0, 0.05) is 15.6 Å². The minimum atomic E-state index is -0.142. The lowest BCUT2D eigenvalue weighted by Gasteiger charge is -2.28. The number of hydrogen-bond acceptors (Lipinski definition) is 2. The lowest BCUT2D eigenvalue weighted by molar-refractivity contribution is 0.0906. The third kappa shape index (κ3) is 3.37. The van der Waals surface area contributed by atoms with Crippen LogP contribution in [0, 0.1) is 0 Å². The Labute approximate surface area is 126 Å². The van der Waals surface area contributed by atoms with E-state index in [1.165, 1.54) is 0 Å². The van der Waals surface area contributed by atoms with Crippen molar-refractivity contribution < 1.29 is 4.79 Å². The van der Waals surface area contributed by atoms with Crippen molar-refractivity contribution in [3.63, 3.8) is 0 Å². The maximum absolute atomic E-state index is 12.3. The summed E-state index contributed by atoms with van der Waals surface area (Å²) in [5.74, 6) is 0.0338. The van der Waals surface area contributed by atoms with E-state index in [0.717, 1.165) is 33.1 Å². The molecule has 0 aliphatic heterocycles. The van der Waals surface area contributed by atoms with E-state index in [4.69, 9.17) is 0 Å². The number of fused-ring (bicyclic) bond motifs is 1. The molecule has 0 radical (unpaired) electrons. The average molecular weight is 340 g/mol. The quantitative estimate of drug-likeness (QED) is 0.793. The zero-order valence-corrected chi connectivity index (χ0v) is 13.6. The van der Waals surface area contributed by atoms with Gasteiger partial charge < -0.3 is 5.32 Å². The van der Waals surface area contributed by atoms with Gasteiger partial charge in [-0.05, 0) is 37.3 Å². The van der Waals surface area contributed by atoms with Crippen LogP contribution in [0.4, 0.5) is 0 Å². The van der Waals surface area contributed by atoms with Crippen LogP contribution in [0.1, 0.15) is 36.4 Å². The number of halogens is 1. The molecule has 0 aliphatic rings. The predicted molar refractivity (Wildman–Crippen MR) is 86.4 cm³/mol. The maximum atomic E-state index is 12.3. The van der Waals surface area contributed by atoms with Crippen molar-refractivity contribution in [3.8, 4) is 0 Å². The van der Waals surface area contributed by atoms with E-state index in [9.17, 15) is 4.79 Å². The summed E-state index contributed by atoms with van der Waals surface area (Å²) in [6.07, 6.45) is 1.86. The number of alkyl halides is 1. The van der Waals surface area contributed by atoms with Crippen LogP contribution < -0.4 is 5.32 Å². The van der Waals surface area contributed by atoms with Gasteiger partial charge >= 0.3 is 0 Å². The molecule has 0 aliphatic carbocycles. The molecule has 2 nitrogen and oxygen atoms in total. The van der Waals surface area contributed by atoms with Gasteiger partial charge in [0.1, 0.15) is 0 Å². The fraction of sp³-hybridized carbons (Fsp3) is 0.400. The summed E-state index contributed by atoms with van der Waals surface area (Å²) >= 11 is 5.00. The smallest absolute Gasteiger partial charge is 0.261 e. The number of carbonyl (C=O) groups excluding carboxylic acids is 1. The molecule has 1 aromatic carbocycles. The first-order chi connectivity index (χ1) is 9.08. The second-order valence-electron chi connectivity index (χ2n) is 4.96. The Morgan fingerprint density at radius 3 is 2.79 bits per heavy atom. The average Bonchev–Trinajstić information content (AvgIpc) is 2.83. The highest BCUT2D eigenvalue weighted by Gasteiger charge is 2.24. The molecule has 19 heavy (non-hydrogen) atoms. The summed E-state index contributed by atoms with van der Waals surface area (Å²) in [6.45, 7) is 4.20. The largest absolute Gasteiger partial charge is 0.346 e. The second-order valence-corrected chi connectivity index (χ2v) is 6.83. The number of hydrogen-bond donors (Lipinski definition) is 1. The normalized spacial score (nSPS) is 14.3. The number of nitrogens with one attached hydrogen (secondary N) is 1. The van der Waals surface area contributed by atoms with Crippen LogP contribution in [0.2, 0.25) is 0 Å². The number of benzene rings is 1. The van der Waals surface area contributed by atoms with Crippen LogP contribution in [0.5, 0.6) is 0 Å². The van der Waals surface area contributed by atoms with Gasteiger partial charge in [0.15, 0.2) is 0 Å². The molecular weight excluding hydrogens is 322 g/mol. The van der Waals surface area contributed by atoms with Crippen LogP contribution in [-0.2, 0) is 0 Å². The molecule has 1 unspecified atom stereocenters. The highest BCUT2D eigenvalue weighted by Crippen LogP contribution is 2.26. The minimum Gasteiger partial charge on any atom is -0.346 e. The summed E-state index contributed by atoms with van der Waals surface area (Å²) in [4.78, 5) is 13.1. The molecule has 0 saturated carbocycles. The van der Waals surface area contributed by atoms with E-state index in [-0.39, 0.29) is 11.4 Å². The van der Waals surface area contributed by atoms with E-state index in [0.29, 0.717) is 0 Å². The Bertz CT molecular complexity index is 547. The van der Waals surface area contributed by atoms with Gasteiger partial charge in [-0.15, -0.1) is 11.3 Å². The number of amides is 1. The topological polar surface area (TPSA) is 29.1 Å². The van der Waals surface area contributed by atoms with E-state index in [2.05, 4.69) is 35.1 Å². The van der Waals surface area contributed by atoms with Crippen molar-refractivity contribution >= 4 is 43.3 Å². The third-order valence-corrected chi connectivity index (χ3v) is 5.00. The number of thiophene rings is 1. The Morgan fingerprint density at radius 1 is 1.42 bits per heavy atom. The van der Waals surface area contributed by atoms with Gasteiger partial charge in [-0.2, -0.15) is 0 Å². The molecule has 0 fully saturated rings. The molecule has 0 spiro atoms. The Kier molecular flexibility index (Phi) is 4.63. The van der Waals surface area contributed by atoms with Gasteiger partial charge in [0.25, 0.3) is 5.91 Å². The van der Waals surface area contributed by atoms with Gasteiger partial charge in [-0.25, -0.2) is 0 Å². The predicted octanol–water partition coefficient (Wildman–Crippen LogP) is 4.58. The van der Waals surface area contributed by atoms with Crippen molar-refractivity contribution in [2.24, 2.45) is 0 Å². The Balaban J connectivity index is 2.19. The lowest BCUT2D eigenvalue weighted by Crippen LogP contribution is -2.45. The van der Waals surface area contributed by atoms with Crippen molar-refractivity contribution in [1.82, 2.24) is 5.32 Å². The summed E-state index contributed by atoms with van der Waals surface area (Å²) in [7, 11) is 0. The van der Waals surface area contributed by atoms with E-state index in [1.807, 2.05) is 30.3 Å². The molecule has 1 heterocycles. The molecule has 1 atom stereocenters. The standard InChI is InChI=1S/C15H18BrNOS/c1-3-15(2,8-9-16)17-14(18)13-10-11-6-4-5-7-12(11)19-13/h4-7,10H,3,8-9H2,1-2H3,(H,17,18). The first kappa shape index (κ1) is 14.5. The van der Waals surface area contributed by atoms with Gasteiger partial charge in [0.2, 0.25) is 0 Å². The molecule has 2 rings (SSSR count). The van der Waals surface area contributed by atoms with E-state index in [1.54, 1.807) is 11.3 Å². The number of rotatable bonds is 5. The van der Waals surface area contributed by atoms with Gasteiger partial charge in [-0.1, -0.05) is 41.1 Å². The van der Waals surface area contributed by atoms with Crippen molar-refractivity contribution in [3.05, 3.63) is 35.2 Å².